The molecule has 0 bridgehead atoms. The second kappa shape index (κ2) is 8.48. The van der Waals surface area contributed by atoms with Gasteiger partial charge in [0.2, 0.25) is 5.91 Å². The van der Waals surface area contributed by atoms with Crippen molar-refractivity contribution < 1.29 is 14.7 Å². The summed E-state index contributed by atoms with van der Waals surface area (Å²) in [6.07, 6.45) is 5.09. The lowest BCUT2D eigenvalue weighted by atomic mass is 9.86. The van der Waals surface area contributed by atoms with Crippen LogP contribution in [0, 0.1) is 5.92 Å². The molecule has 136 valence electrons. The molecule has 1 aliphatic heterocycles. The molecular formula is C20H28N2O3. The highest BCUT2D eigenvalue weighted by atomic mass is 16.4. The third-order valence-electron chi connectivity index (χ3n) is 5.67. The lowest BCUT2D eigenvalue weighted by Crippen LogP contribution is -2.45. The number of carbonyl (C=O) groups is 2. The summed E-state index contributed by atoms with van der Waals surface area (Å²) in [4.78, 5) is 25.5. The molecule has 3 rings (SSSR count). The van der Waals surface area contributed by atoms with Gasteiger partial charge in [0.1, 0.15) is 0 Å². The van der Waals surface area contributed by atoms with E-state index in [1.54, 1.807) is 0 Å². The van der Waals surface area contributed by atoms with Gasteiger partial charge in [-0.3, -0.25) is 14.5 Å². The lowest BCUT2D eigenvalue weighted by molar-refractivity contribution is -0.142. The van der Waals surface area contributed by atoms with Crippen molar-refractivity contribution in [1.82, 2.24) is 10.2 Å². The molecule has 2 fully saturated rings. The Bertz CT molecular complexity index is 574. The third kappa shape index (κ3) is 5.05. The Morgan fingerprint density at radius 2 is 1.64 bits per heavy atom. The fourth-order valence-corrected chi connectivity index (χ4v) is 4.11. The third-order valence-corrected chi connectivity index (χ3v) is 5.67. The topological polar surface area (TPSA) is 69.6 Å². The maximum atomic E-state index is 12.3. The minimum atomic E-state index is -0.703. The van der Waals surface area contributed by atoms with Gasteiger partial charge in [0.25, 0.3) is 0 Å². The van der Waals surface area contributed by atoms with Gasteiger partial charge < -0.3 is 10.4 Å². The lowest BCUT2D eigenvalue weighted by Gasteiger charge is -2.32. The number of piperidine rings is 1. The largest absolute Gasteiger partial charge is 0.481 e. The summed E-state index contributed by atoms with van der Waals surface area (Å²) in [6.45, 7) is 2.37. The molecule has 5 heteroatoms. The number of benzene rings is 1. The minimum absolute atomic E-state index is 0.0805. The standard InChI is InChI=1S/C20H28N2O3/c23-19(21-18-8-6-17(7-9-18)20(24)25)14-22-12-10-16(11-13-22)15-4-2-1-3-5-15/h1-5,16-18H,6-14H2,(H,21,23)(H,24,25). The van der Waals surface area contributed by atoms with Crippen LogP contribution in [0.15, 0.2) is 30.3 Å². The van der Waals surface area contributed by atoms with Gasteiger partial charge in [-0.15, -0.1) is 0 Å². The van der Waals surface area contributed by atoms with E-state index in [4.69, 9.17) is 5.11 Å². The molecule has 1 saturated heterocycles. The number of likely N-dealkylation sites (tertiary alicyclic amines) is 1. The average molecular weight is 344 g/mol. The molecule has 25 heavy (non-hydrogen) atoms. The first kappa shape index (κ1) is 17.9. The Labute approximate surface area is 149 Å². The van der Waals surface area contributed by atoms with Gasteiger partial charge in [0.05, 0.1) is 12.5 Å². The van der Waals surface area contributed by atoms with Crippen LogP contribution in [0.2, 0.25) is 0 Å². The van der Waals surface area contributed by atoms with Crippen LogP contribution >= 0.6 is 0 Å². The van der Waals surface area contributed by atoms with Crippen molar-refractivity contribution in [1.29, 1.82) is 0 Å². The molecule has 1 aromatic carbocycles. The van der Waals surface area contributed by atoms with Crippen LogP contribution in [0.5, 0.6) is 0 Å². The van der Waals surface area contributed by atoms with Crippen LogP contribution in [0.3, 0.4) is 0 Å². The monoisotopic (exact) mass is 344 g/mol. The number of carboxylic acid groups (broad SMARTS) is 1. The fourth-order valence-electron chi connectivity index (χ4n) is 4.11. The molecule has 1 aliphatic carbocycles. The summed E-state index contributed by atoms with van der Waals surface area (Å²) < 4.78 is 0. The number of hydrogen-bond acceptors (Lipinski definition) is 3. The van der Waals surface area contributed by atoms with Crippen molar-refractivity contribution in [2.75, 3.05) is 19.6 Å². The Hall–Kier alpha value is -1.88. The van der Waals surface area contributed by atoms with E-state index in [2.05, 4.69) is 34.5 Å². The van der Waals surface area contributed by atoms with Crippen molar-refractivity contribution in [3.05, 3.63) is 35.9 Å². The van der Waals surface area contributed by atoms with Crippen LogP contribution in [-0.2, 0) is 9.59 Å². The molecule has 0 unspecified atom stereocenters. The highest BCUT2D eigenvalue weighted by Gasteiger charge is 2.27. The van der Waals surface area contributed by atoms with E-state index < -0.39 is 5.97 Å². The summed E-state index contributed by atoms with van der Waals surface area (Å²) >= 11 is 0. The Kier molecular flexibility index (Phi) is 6.08. The smallest absolute Gasteiger partial charge is 0.306 e. The highest BCUT2D eigenvalue weighted by Crippen LogP contribution is 2.28. The first-order valence-electron chi connectivity index (χ1n) is 9.41. The second-order valence-corrected chi connectivity index (χ2v) is 7.42. The maximum Gasteiger partial charge on any atom is 0.306 e. The van der Waals surface area contributed by atoms with Crippen molar-refractivity contribution >= 4 is 11.9 Å². The van der Waals surface area contributed by atoms with Gasteiger partial charge >= 0.3 is 5.97 Å². The Morgan fingerprint density at radius 1 is 1.00 bits per heavy atom. The van der Waals surface area contributed by atoms with Gasteiger partial charge in [-0.1, -0.05) is 30.3 Å². The number of nitrogens with one attached hydrogen (secondary N) is 1. The number of carbonyl (C=O) groups excluding carboxylic acids is 1. The average Bonchev–Trinajstić information content (AvgIpc) is 2.63. The number of rotatable bonds is 5. The zero-order valence-electron chi connectivity index (χ0n) is 14.7. The van der Waals surface area contributed by atoms with E-state index in [-0.39, 0.29) is 17.9 Å². The van der Waals surface area contributed by atoms with Crippen molar-refractivity contribution in [3.63, 3.8) is 0 Å². The molecule has 0 atom stereocenters. The molecule has 1 heterocycles. The number of amides is 1. The number of nitrogens with zero attached hydrogens (tertiary/aromatic N) is 1. The second-order valence-electron chi connectivity index (χ2n) is 7.42. The van der Waals surface area contributed by atoms with E-state index >= 15 is 0 Å². The van der Waals surface area contributed by atoms with Crippen molar-refractivity contribution in [2.45, 2.75) is 50.5 Å². The molecule has 1 amide bonds. The van der Waals surface area contributed by atoms with Crippen LogP contribution in [0.25, 0.3) is 0 Å². The first-order chi connectivity index (χ1) is 12.1. The predicted octanol–water partition coefficient (Wildman–Crippen LogP) is 2.63. The SMILES string of the molecule is O=C(CN1CCC(c2ccccc2)CC1)NC1CCC(C(=O)O)CC1. The highest BCUT2D eigenvalue weighted by molar-refractivity contribution is 5.78. The van der Waals surface area contributed by atoms with Crippen molar-refractivity contribution in [2.24, 2.45) is 5.92 Å². The zero-order valence-corrected chi connectivity index (χ0v) is 14.7. The van der Waals surface area contributed by atoms with Crippen LogP contribution < -0.4 is 5.32 Å². The molecular weight excluding hydrogens is 316 g/mol. The van der Waals surface area contributed by atoms with Gasteiger partial charge in [0.15, 0.2) is 0 Å². The molecule has 0 aromatic heterocycles. The Morgan fingerprint density at radius 3 is 2.24 bits per heavy atom. The van der Waals surface area contributed by atoms with Crippen LogP contribution in [0.1, 0.15) is 50.0 Å². The molecule has 2 aliphatic rings. The molecule has 0 spiro atoms. The van der Waals surface area contributed by atoms with Crippen LogP contribution in [-0.4, -0.2) is 47.6 Å². The molecule has 2 N–H and O–H groups in total. The predicted molar refractivity (Wildman–Crippen MR) is 96.4 cm³/mol. The number of carboxylic acids is 1. The van der Waals surface area contributed by atoms with E-state index in [0.717, 1.165) is 38.8 Å². The normalized spacial score (nSPS) is 25.4. The van der Waals surface area contributed by atoms with Gasteiger partial charge in [0, 0.05) is 6.04 Å². The number of hydrogen-bond donors (Lipinski definition) is 2. The summed E-state index contributed by atoms with van der Waals surface area (Å²) in [5.41, 5.74) is 1.40. The van der Waals surface area contributed by atoms with Gasteiger partial charge in [-0.2, -0.15) is 0 Å². The molecule has 5 nitrogen and oxygen atoms in total. The molecule has 1 saturated carbocycles. The van der Waals surface area contributed by atoms with Gasteiger partial charge in [-0.05, 0) is 63.1 Å². The fraction of sp³-hybridized carbons (Fsp3) is 0.600. The minimum Gasteiger partial charge on any atom is -0.481 e. The van der Waals surface area contributed by atoms with Crippen molar-refractivity contribution in [3.8, 4) is 0 Å². The van der Waals surface area contributed by atoms with Crippen LogP contribution in [0.4, 0.5) is 0 Å². The summed E-state index contributed by atoms with van der Waals surface area (Å²) in [5.74, 6) is -0.250. The first-order valence-corrected chi connectivity index (χ1v) is 9.41. The summed E-state index contributed by atoms with van der Waals surface area (Å²) in [5, 5.41) is 12.1. The number of aliphatic carboxylic acids is 1. The van der Waals surface area contributed by atoms with E-state index in [1.165, 1.54) is 5.56 Å². The molecule has 1 aromatic rings. The molecule has 0 radical (unpaired) electrons. The van der Waals surface area contributed by atoms with E-state index in [9.17, 15) is 9.59 Å². The zero-order chi connectivity index (χ0) is 17.6. The summed E-state index contributed by atoms with van der Waals surface area (Å²) in [7, 11) is 0. The van der Waals surface area contributed by atoms with E-state index in [0.29, 0.717) is 25.3 Å². The summed E-state index contributed by atoms with van der Waals surface area (Å²) in [6, 6.07) is 10.8. The maximum absolute atomic E-state index is 12.3. The Balaban J connectivity index is 1.38. The van der Waals surface area contributed by atoms with Gasteiger partial charge in [-0.25, -0.2) is 0 Å². The van der Waals surface area contributed by atoms with E-state index in [1.807, 2.05) is 6.07 Å². The quantitative estimate of drug-likeness (QED) is 0.861.